The molecule has 0 saturated carbocycles. The van der Waals surface area contributed by atoms with Gasteiger partial charge in [-0.15, -0.1) is 0 Å². The zero-order chi connectivity index (χ0) is 23.4. The lowest BCUT2D eigenvalue weighted by Crippen LogP contribution is -2.48. The number of nitrogens with zero attached hydrogens (tertiary/aromatic N) is 4. The quantitative estimate of drug-likeness (QED) is 0.757. The summed E-state index contributed by atoms with van der Waals surface area (Å²) in [7, 11) is 0. The molecule has 9 nitrogen and oxygen atoms in total. The minimum Gasteiger partial charge on any atom is -0.414 e. The fourth-order valence-electron chi connectivity index (χ4n) is 4.28. The van der Waals surface area contributed by atoms with Crippen LogP contribution in [-0.2, 0) is 4.79 Å². The fourth-order valence-corrected chi connectivity index (χ4v) is 4.28. The number of carbonyl (C=O) groups is 2. The van der Waals surface area contributed by atoms with Crippen LogP contribution in [0.2, 0.25) is 0 Å². The molecule has 0 atom stereocenters. The van der Waals surface area contributed by atoms with E-state index >= 15 is 0 Å². The molecule has 33 heavy (non-hydrogen) atoms. The normalized spacial score (nSPS) is 16.9. The Labute approximate surface area is 193 Å². The maximum atomic E-state index is 12.5. The molecule has 2 saturated heterocycles. The number of rotatable bonds is 4. The first-order chi connectivity index (χ1) is 15.9. The molecule has 2 fully saturated rings. The van der Waals surface area contributed by atoms with Gasteiger partial charge in [0.25, 0.3) is 5.95 Å². The van der Waals surface area contributed by atoms with Gasteiger partial charge in [0, 0.05) is 57.9 Å². The van der Waals surface area contributed by atoms with Crippen LogP contribution in [0.4, 0.5) is 21.9 Å². The molecule has 0 aliphatic carbocycles. The van der Waals surface area contributed by atoms with Crippen LogP contribution in [0.5, 0.6) is 5.95 Å². The van der Waals surface area contributed by atoms with Crippen LogP contribution >= 0.6 is 0 Å². The van der Waals surface area contributed by atoms with Gasteiger partial charge in [-0.05, 0) is 43.0 Å². The molecule has 1 N–H and O–H groups in total. The smallest absolute Gasteiger partial charge is 0.414 e. The number of piperazine rings is 1. The van der Waals surface area contributed by atoms with E-state index in [4.69, 9.17) is 14.4 Å². The Morgan fingerprint density at radius 2 is 1.79 bits per heavy atom. The lowest BCUT2D eigenvalue weighted by molar-refractivity contribution is -0.129. The third kappa shape index (κ3) is 5.40. The lowest BCUT2D eigenvalue weighted by Gasteiger charge is -2.37. The summed E-state index contributed by atoms with van der Waals surface area (Å²) in [5.74, 6) is 0.834. The van der Waals surface area contributed by atoms with Gasteiger partial charge in [0.15, 0.2) is 0 Å². The van der Waals surface area contributed by atoms with Crippen molar-refractivity contribution in [1.29, 1.82) is 5.26 Å². The van der Waals surface area contributed by atoms with Crippen LogP contribution < -0.4 is 19.9 Å². The van der Waals surface area contributed by atoms with E-state index in [2.05, 4.69) is 28.1 Å². The molecule has 9 heteroatoms. The molecule has 174 valence electrons. The lowest BCUT2D eigenvalue weighted by atomic mass is 9.98. The molecule has 0 unspecified atom stereocenters. The topological polar surface area (TPSA) is 102 Å². The van der Waals surface area contributed by atoms with E-state index in [0.717, 1.165) is 50.4 Å². The monoisotopic (exact) mass is 451 g/mol. The molecular formula is C24H29N5O4. The van der Waals surface area contributed by atoms with E-state index in [1.165, 1.54) is 12.1 Å². The summed E-state index contributed by atoms with van der Waals surface area (Å²) in [4.78, 5) is 30.6. The van der Waals surface area contributed by atoms with Crippen molar-refractivity contribution in [3.05, 3.63) is 36.1 Å². The highest BCUT2D eigenvalue weighted by molar-refractivity contribution is 5.91. The summed E-state index contributed by atoms with van der Waals surface area (Å²) in [5, 5.41) is 11.7. The van der Waals surface area contributed by atoms with E-state index in [0.29, 0.717) is 24.7 Å². The number of benzene rings is 1. The van der Waals surface area contributed by atoms with Gasteiger partial charge in [0.05, 0.1) is 11.4 Å². The molecule has 0 spiro atoms. The molecule has 2 amide bonds. The zero-order valence-electron chi connectivity index (χ0n) is 19.0. The first-order valence-corrected chi connectivity index (χ1v) is 11.3. The molecule has 0 bridgehead atoms. The molecule has 4 rings (SSSR count). The van der Waals surface area contributed by atoms with Crippen molar-refractivity contribution in [3.63, 3.8) is 0 Å². The second-order valence-electron chi connectivity index (χ2n) is 8.61. The number of hydrogen-bond acceptors (Lipinski definition) is 7. The molecule has 2 aliphatic rings. The molecule has 0 radical (unpaired) electrons. The Morgan fingerprint density at radius 3 is 2.42 bits per heavy atom. The van der Waals surface area contributed by atoms with Crippen LogP contribution in [0.15, 0.2) is 34.7 Å². The predicted octanol–water partition coefficient (Wildman–Crippen LogP) is 3.67. The Balaban J connectivity index is 1.52. The van der Waals surface area contributed by atoms with Crippen LogP contribution in [0, 0.1) is 17.2 Å². The maximum absolute atomic E-state index is 12.5. The van der Waals surface area contributed by atoms with E-state index in [1.54, 1.807) is 6.92 Å². The first-order valence-electron chi connectivity index (χ1n) is 11.3. The van der Waals surface area contributed by atoms with Crippen LogP contribution in [0.1, 0.15) is 32.4 Å². The van der Waals surface area contributed by atoms with E-state index in [-0.39, 0.29) is 17.6 Å². The molecule has 1 aromatic heterocycles. The highest BCUT2D eigenvalue weighted by Crippen LogP contribution is 2.34. The van der Waals surface area contributed by atoms with Crippen molar-refractivity contribution in [1.82, 2.24) is 4.90 Å². The van der Waals surface area contributed by atoms with Gasteiger partial charge >= 0.3 is 6.09 Å². The number of ether oxygens (including phenoxy) is 1. The van der Waals surface area contributed by atoms with Crippen LogP contribution in [-0.4, -0.2) is 56.2 Å². The summed E-state index contributed by atoms with van der Waals surface area (Å²) < 4.78 is 10.3. The predicted molar refractivity (Wildman–Crippen MR) is 125 cm³/mol. The Kier molecular flexibility index (Phi) is 6.73. The fraction of sp³-hybridized carbons (Fsp3) is 0.458. The number of nitrogens with one attached hydrogen (secondary N) is 1. The summed E-state index contributed by atoms with van der Waals surface area (Å²) in [6.45, 7) is 8.63. The summed E-state index contributed by atoms with van der Waals surface area (Å²) in [6, 6.07) is 10.7. The van der Waals surface area contributed by atoms with Crippen molar-refractivity contribution in [2.24, 2.45) is 5.92 Å². The summed E-state index contributed by atoms with van der Waals surface area (Å²) in [5.41, 5.74) is 2.67. The number of amides is 2. The largest absolute Gasteiger partial charge is 0.419 e. The number of anilines is 3. The average molecular weight is 452 g/mol. The highest BCUT2D eigenvalue weighted by Gasteiger charge is 2.23. The molecule has 3 heterocycles. The zero-order valence-corrected chi connectivity index (χ0v) is 19.0. The van der Waals surface area contributed by atoms with Gasteiger partial charge in [-0.3, -0.25) is 10.1 Å². The minimum atomic E-state index is -0.678. The van der Waals surface area contributed by atoms with Crippen molar-refractivity contribution in [2.45, 2.75) is 26.7 Å². The Hall–Kier alpha value is -3.67. The van der Waals surface area contributed by atoms with Gasteiger partial charge in [0.1, 0.15) is 6.07 Å². The third-order valence-electron chi connectivity index (χ3n) is 6.32. The minimum absolute atomic E-state index is 0.0302. The van der Waals surface area contributed by atoms with Crippen molar-refractivity contribution >= 4 is 29.1 Å². The van der Waals surface area contributed by atoms with E-state index in [9.17, 15) is 9.59 Å². The number of furan rings is 1. The SMILES string of the molecule is CC(=O)N1CCN(c2ccc(NC(=O)Oc3ccc(C#N)o3)c(N3CCC(C)CC3)c2)CC1. The van der Waals surface area contributed by atoms with Crippen molar-refractivity contribution in [3.8, 4) is 12.0 Å². The molecule has 2 aromatic rings. The van der Waals surface area contributed by atoms with Gasteiger partial charge in [-0.25, -0.2) is 4.79 Å². The van der Waals surface area contributed by atoms with E-state index in [1.807, 2.05) is 23.1 Å². The Morgan fingerprint density at radius 1 is 1.06 bits per heavy atom. The number of nitriles is 1. The Bertz CT molecular complexity index is 1040. The van der Waals surface area contributed by atoms with Crippen molar-refractivity contribution in [2.75, 3.05) is 54.4 Å². The second-order valence-corrected chi connectivity index (χ2v) is 8.61. The number of carbonyl (C=O) groups excluding carboxylic acids is 2. The maximum Gasteiger partial charge on any atom is 0.419 e. The highest BCUT2D eigenvalue weighted by atomic mass is 16.6. The molecule has 1 aromatic carbocycles. The summed E-state index contributed by atoms with van der Waals surface area (Å²) >= 11 is 0. The standard InChI is InChI=1S/C24H29N5O4/c1-17-7-9-29(10-8-17)22-15-19(28-13-11-27(12-14-28)18(2)30)3-5-21(22)26-24(31)33-23-6-4-20(16-25)32-23/h3-6,15,17H,7-14H2,1-2H3,(H,26,31). The third-order valence-corrected chi connectivity index (χ3v) is 6.32. The first kappa shape index (κ1) is 22.5. The number of piperidine rings is 1. The van der Waals surface area contributed by atoms with Gasteiger partial charge in [0.2, 0.25) is 11.7 Å². The van der Waals surface area contributed by atoms with Crippen LogP contribution in [0.3, 0.4) is 0 Å². The van der Waals surface area contributed by atoms with Crippen LogP contribution in [0.25, 0.3) is 0 Å². The van der Waals surface area contributed by atoms with Gasteiger partial charge in [-0.2, -0.15) is 5.26 Å². The molecule has 2 aliphatic heterocycles. The average Bonchev–Trinajstić information content (AvgIpc) is 3.27. The van der Waals surface area contributed by atoms with Gasteiger partial charge in [-0.1, -0.05) is 6.92 Å². The van der Waals surface area contributed by atoms with Crippen molar-refractivity contribution < 1.29 is 18.7 Å². The second kappa shape index (κ2) is 9.86. The molecular weight excluding hydrogens is 422 g/mol. The number of hydrogen-bond donors (Lipinski definition) is 1. The van der Waals surface area contributed by atoms with Gasteiger partial charge < -0.3 is 23.9 Å². The van der Waals surface area contributed by atoms with E-state index < -0.39 is 6.09 Å². The summed E-state index contributed by atoms with van der Waals surface area (Å²) in [6.07, 6.45) is 1.51.